The molecule has 0 saturated carbocycles. The molecule has 0 amide bonds. The van der Waals surface area contributed by atoms with Gasteiger partial charge in [0.1, 0.15) is 12.4 Å². The molecule has 1 unspecified atom stereocenters. The molecule has 1 aliphatic heterocycles. The molecule has 0 aromatic heterocycles. The highest BCUT2D eigenvalue weighted by molar-refractivity contribution is 5.89. The van der Waals surface area contributed by atoms with Gasteiger partial charge in [0, 0.05) is 6.61 Å². The van der Waals surface area contributed by atoms with E-state index in [1.807, 2.05) is 0 Å². The van der Waals surface area contributed by atoms with E-state index in [4.69, 9.17) is 9.47 Å². The highest BCUT2D eigenvalue weighted by Gasteiger charge is 2.18. The van der Waals surface area contributed by atoms with E-state index in [0.717, 1.165) is 19.4 Å². The molecule has 17 heavy (non-hydrogen) atoms. The summed E-state index contributed by atoms with van der Waals surface area (Å²) in [5, 5.41) is 0. The molecule has 4 heteroatoms. The maximum atomic E-state index is 13.0. The fourth-order valence-corrected chi connectivity index (χ4v) is 1.80. The highest BCUT2D eigenvalue weighted by Crippen LogP contribution is 2.14. The van der Waals surface area contributed by atoms with Gasteiger partial charge in [-0.25, -0.2) is 9.18 Å². The van der Waals surface area contributed by atoms with E-state index in [1.165, 1.54) is 18.2 Å². The van der Waals surface area contributed by atoms with Crippen LogP contribution >= 0.6 is 0 Å². The molecule has 1 aromatic carbocycles. The van der Waals surface area contributed by atoms with Crippen LogP contribution in [0, 0.1) is 12.7 Å². The van der Waals surface area contributed by atoms with Crippen LogP contribution in [0.25, 0.3) is 0 Å². The summed E-state index contributed by atoms with van der Waals surface area (Å²) in [5.74, 6) is -0.746. The Bertz CT molecular complexity index is 411. The molecular formula is C13H15FO3. The van der Waals surface area contributed by atoms with Gasteiger partial charge in [-0.15, -0.1) is 0 Å². The van der Waals surface area contributed by atoms with Crippen LogP contribution in [0.15, 0.2) is 18.2 Å². The Morgan fingerprint density at radius 1 is 1.59 bits per heavy atom. The summed E-state index contributed by atoms with van der Waals surface area (Å²) >= 11 is 0. The SMILES string of the molecule is Cc1cc(C(=O)OCC2CCCO2)ccc1F. The number of halogens is 1. The summed E-state index contributed by atoms with van der Waals surface area (Å²) in [6.07, 6.45) is 1.95. The first-order valence-electron chi connectivity index (χ1n) is 5.71. The molecule has 1 aromatic rings. The van der Waals surface area contributed by atoms with Gasteiger partial charge in [-0.1, -0.05) is 0 Å². The van der Waals surface area contributed by atoms with Crippen LogP contribution in [0.4, 0.5) is 4.39 Å². The van der Waals surface area contributed by atoms with Crippen molar-refractivity contribution in [1.29, 1.82) is 0 Å². The Balaban J connectivity index is 1.92. The lowest BCUT2D eigenvalue weighted by molar-refractivity contribution is 0.0161. The van der Waals surface area contributed by atoms with Crippen molar-refractivity contribution in [3.63, 3.8) is 0 Å². The first kappa shape index (κ1) is 12.0. The van der Waals surface area contributed by atoms with Crippen molar-refractivity contribution in [2.45, 2.75) is 25.9 Å². The van der Waals surface area contributed by atoms with Crippen LogP contribution in [-0.2, 0) is 9.47 Å². The number of carbonyl (C=O) groups excluding carboxylic acids is 1. The van der Waals surface area contributed by atoms with Crippen molar-refractivity contribution < 1.29 is 18.7 Å². The first-order valence-corrected chi connectivity index (χ1v) is 5.71. The summed E-state index contributed by atoms with van der Waals surface area (Å²) in [4.78, 5) is 11.7. The molecule has 1 saturated heterocycles. The van der Waals surface area contributed by atoms with E-state index in [9.17, 15) is 9.18 Å². The van der Waals surface area contributed by atoms with Crippen molar-refractivity contribution in [2.75, 3.05) is 13.2 Å². The smallest absolute Gasteiger partial charge is 0.338 e. The zero-order valence-electron chi connectivity index (χ0n) is 9.74. The second kappa shape index (κ2) is 5.27. The predicted octanol–water partition coefficient (Wildman–Crippen LogP) is 2.47. The highest BCUT2D eigenvalue weighted by atomic mass is 19.1. The molecule has 1 fully saturated rings. The average Bonchev–Trinajstić information content (AvgIpc) is 2.82. The largest absolute Gasteiger partial charge is 0.459 e. The fraction of sp³-hybridized carbons (Fsp3) is 0.462. The number of ether oxygens (including phenoxy) is 2. The summed E-state index contributed by atoms with van der Waals surface area (Å²) in [6, 6.07) is 4.20. The van der Waals surface area contributed by atoms with Crippen molar-refractivity contribution in [1.82, 2.24) is 0 Å². The fourth-order valence-electron chi connectivity index (χ4n) is 1.80. The number of carbonyl (C=O) groups is 1. The number of hydrogen-bond acceptors (Lipinski definition) is 3. The van der Waals surface area contributed by atoms with Crippen LogP contribution in [0.1, 0.15) is 28.8 Å². The molecule has 3 nitrogen and oxygen atoms in total. The zero-order chi connectivity index (χ0) is 12.3. The number of esters is 1. The van der Waals surface area contributed by atoms with Crippen LogP contribution in [0.5, 0.6) is 0 Å². The number of aryl methyl sites for hydroxylation is 1. The average molecular weight is 238 g/mol. The molecule has 1 aliphatic rings. The molecule has 1 atom stereocenters. The maximum Gasteiger partial charge on any atom is 0.338 e. The maximum absolute atomic E-state index is 13.0. The van der Waals surface area contributed by atoms with Crippen molar-refractivity contribution in [2.24, 2.45) is 0 Å². The predicted molar refractivity (Wildman–Crippen MR) is 60.4 cm³/mol. The number of hydrogen-bond donors (Lipinski definition) is 0. The van der Waals surface area contributed by atoms with Gasteiger partial charge < -0.3 is 9.47 Å². The molecule has 92 valence electrons. The zero-order valence-corrected chi connectivity index (χ0v) is 9.74. The van der Waals surface area contributed by atoms with Crippen molar-refractivity contribution in [3.05, 3.63) is 35.1 Å². The third kappa shape index (κ3) is 3.03. The quantitative estimate of drug-likeness (QED) is 0.759. The van der Waals surface area contributed by atoms with E-state index < -0.39 is 5.97 Å². The lowest BCUT2D eigenvalue weighted by Crippen LogP contribution is -2.17. The third-order valence-corrected chi connectivity index (χ3v) is 2.82. The molecule has 2 rings (SSSR count). The standard InChI is InChI=1S/C13H15FO3/c1-9-7-10(4-5-12(9)14)13(15)17-8-11-3-2-6-16-11/h4-5,7,11H,2-3,6,8H2,1H3. The van der Waals surface area contributed by atoms with Gasteiger partial charge in [-0.3, -0.25) is 0 Å². The second-order valence-corrected chi connectivity index (χ2v) is 4.20. The van der Waals surface area contributed by atoms with E-state index in [2.05, 4.69) is 0 Å². The normalized spacial score (nSPS) is 19.3. The van der Waals surface area contributed by atoms with Gasteiger partial charge in [0.2, 0.25) is 0 Å². The second-order valence-electron chi connectivity index (χ2n) is 4.20. The lowest BCUT2D eigenvalue weighted by atomic mass is 10.1. The summed E-state index contributed by atoms with van der Waals surface area (Å²) in [7, 11) is 0. The van der Waals surface area contributed by atoms with Gasteiger partial charge in [-0.2, -0.15) is 0 Å². The molecule has 0 N–H and O–H groups in total. The molecule has 0 spiro atoms. The minimum absolute atomic E-state index is 0.0143. The van der Waals surface area contributed by atoms with Crippen LogP contribution < -0.4 is 0 Å². The molecule has 0 aliphatic carbocycles. The Morgan fingerprint density at radius 3 is 3.06 bits per heavy atom. The summed E-state index contributed by atoms with van der Waals surface area (Å²) in [5.41, 5.74) is 0.818. The van der Waals surface area contributed by atoms with Crippen LogP contribution in [-0.4, -0.2) is 25.3 Å². The van der Waals surface area contributed by atoms with E-state index in [1.54, 1.807) is 6.92 Å². The molecule has 1 heterocycles. The summed E-state index contributed by atoms with van der Waals surface area (Å²) in [6.45, 7) is 2.62. The Hall–Kier alpha value is -1.42. The van der Waals surface area contributed by atoms with Gasteiger partial charge >= 0.3 is 5.97 Å². The number of rotatable bonds is 3. The van der Waals surface area contributed by atoms with E-state index in [0.29, 0.717) is 11.1 Å². The van der Waals surface area contributed by atoms with Gasteiger partial charge in [0.05, 0.1) is 11.7 Å². The molecular weight excluding hydrogens is 223 g/mol. The van der Waals surface area contributed by atoms with Crippen molar-refractivity contribution >= 4 is 5.97 Å². The Morgan fingerprint density at radius 2 is 2.41 bits per heavy atom. The summed E-state index contributed by atoms with van der Waals surface area (Å²) < 4.78 is 23.5. The van der Waals surface area contributed by atoms with E-state index >= 15 is 0 Å². The Kier molecular flexibility index (Phi) is 3.74. The van der Waals surface area contributed by atoms with Gasteiger partial charge in [-0.05, 0) is 43.5 Å². The van der Waals surface area contributed by atoms with Gasteiger partial charge in [0.25, 0.3) is 0 Å². The van der Waals surface area contributed by atoms with Crippen molar-refractivity contribution in [3.8, 4) is 0 Å². The Labute approximate surface area is 99.5 Å². The monoisotopic (exact) mass is 238 g/mol. The minimum Gasteiger partial charge on any atom is -0.459 e. The van der Waals surface area contributed by atoms with Crippen LogP contribution in [0.3, 0.4) is 0 Å². The topological polar surface area (TPSA) is 35.5 Å². The minimum atomic E-state index is -0.427. The number of benzene rings is 1. The van der Waals surface area contributed by atoms with E-state index in [-0.39, 0.29) is 18.5 Å². The lowest BCUT2D eigenvalue weighted by Gasteiger charge is -2.10. The third-order valence-electron chi connectivity index (χ3n) is 2.82. The first-order chi connectivity index (χ1) is 8.16. The van der Waals surface area contributed by atoms with Crippen LogP contribution in [0.2, 0.25) is 0 Å². The molecule has 0 bridgehead atoms. The van der Waals surface area contributed by atoms with Gasteiger partial charge in [0.15, 0.2) is 0 Å². The molecule has 0 radical (unpaired) electrons.